The van der Waals surface area contributed by atoms with Crippen LogP contribution in [0.5, 0.6) is 0 Å². The minimum Gasteiger partial charge on any atom is -0.396 e. The minimum atomic E-state index is -0.439. The van der Waals surface area contributed by atoms with Crippen LogP contribution in [-0.4, -0.2) is 47.6 Å². The number of hydrogen-bond acceptors (Lipinski definition) is 3. The average molecular weight is 270 g/mol. The number of hydrogen-bond donors (Lipinski definition) is 2. The molecule has 1 aliphatic heterocycles. The van der Waals surface area contributed by atoms with Crippen molar-refractivity contribution in [3.05, 3.63) is 0 Å². The van der Waals surface area contributed by atoms with Crippen LogP contribution in [0.4, 0.5) is 0 Å². The third kappa shape index (κ3) is 4.82. The van der Waals surface area contributed by atoms with Crippen molar-refractivity contribution in [2.24, 2.45) is 11.8 Å². The Bertz CT molecular complexity index is 316. The molecule has 19 heavy (non-hydrogen) atoms. The summed E-state index contributed by atoms with van der Waals surface area (Å²) < 4.78 is 0. The van der Waals surface area contributed by atoms with Crippen molar-refractivity contribution < 1.29 is 14.7 Å². The Morgan fingerprint density at radius 1 is 1.42 bits per heavy atom. The van der Waals surface area contributed by atoms with Gasteiger partial charge in [0.2, 0.25) is 11.8 Å². The molecule has 1 saturated heterocycles. The van der Waals surface area contributed by atoms with E-state index in [0.29, 0.717) is 12.5 Å². The summed E-state index contributed by atoms with van der Waals surface area (Å²) in [6.07, 6.45) is 2.79. The van der Waals surface area contributed by atoms with Crippen LogP contribution in [0.25, 0.3) is 0 Å². The number of nitrogens with zero attached hydrogens (tertiary/aromatic N) is 1. The zero-order chi connectivity index (χ0) is 14.4. The fraction of sp³-hybridized carbons (Fsp3) is 0.857. The van der Waals surface area contributed by atoms with Crippen molar-refractivity contribution in [3.8, 4) is 0 Å². The van der Waals surface area contributed by atoms with Crippen LogP contribution in [0, 0.1) is 11.8 Å². The molecule has 0 aromatic heterocycles. The van der Waals surface area contributed by atoms with Crippen LogP contribution < -0.4 is 5.32 Å². The van der Waals surface area contributed by atoms with Crippen LogP contribution in [0.15, 0.2) is 0 Å². The van der Waals surface area contributed by atoms with Gasteiger partial charge in [-0.25, -0.2) is 0 Å². The van der Waals surface area contributed by atoms with E-state index >= 15 is 0 Å². The maximum Gasteiger partial charge on any atom is 0.245 e. The predicted octanol–water partition coefficient (Wildman–Crippen LogP) is 0.768. The molecule has 2 atom stereocenters. The first-order chi connectivity index (χ1) is 8.95. The summed E-state index contributed by atoms with van der Waals surface area (Å²) in [6.45, 7) is 6.94. The Kier molecular flexibility index (Phi) is 6.28. The number of aliphatic hydroxyl groups excluding tert-OH is 1. The number of nitrogens with one attached hydrogen (secondary N) is 1. The smallest absolute Gasteiger partial charge is 0.245 e. The monoisotopic (exact) mass is 270 g/mol. The molecule has 1 aliphatic rings. The highest BCUT2D eigenvalue weighted by Gasteiger charge is 2.30. The normalized spacial score (nSPS) is 21.3. The van der Waals surface area contributed by atoms with Crippen molar-refractivity contribution in [2.75, 3.05) is 19.7 Å². The SMILES string of the molecule is CC(=O)NC(C(=O)N1CCCC(CCO)C1)C(C)C. The number of carbonyl (C=O) groups is 2. The van der Waals surface area contributed by atoms with Gasteiger partial charge in [-0.2, -0.15) is 0 Å². The second-order valence-corrected chi connectivity index (χ2v) is 5.73. The Labute approximate surface area is 115 Å². The van der Waals surface area contributed by atoms with Gasteiger partial charge in [-0.15, -0.1) is 0 Å². The van der Waals surface area contributed by atoms with Crippen molar-refractivity contribution >= 4 is 11.8 Å². The maximum absolute atomic E-state index is 12.5. The number of amides is 2. The Morgan fingerprint density at radius 2 is 2.11 bits per heavy atom. The molecule has 0 saturated carbocycles. The lowest BCUT2D eigenvalue weighted by Gasteiger charge is -2.36. The Balaban J connectivity index is 2.65. The first-order valence-corrected chi connectivity index (χ1v) is 7.12. The van der Waals surface area contributed by atoms with Gasteiger partial charge in [0, 0.05) is 26.6 Å². The molecule has 0 aromatic carbocycles. The lowest BCUT2D eigenvalue weighted by Crippen LogP contribution is -2.53. The maximum atomic E-state index is 12.5. The van der Waals surface area contributed by atoms with E-state index in [1.807, 2.05) is 18.7 Å². The number of likely N-dealkylation sites (tertiary alicyclic amines) is 1. The molecule has 1 fully saturated rings. The summed E-state index contributed by atoms with van der Waals surface area (Å²) in [5, 5.41) is 11.7. The molecule has 0 bridgehead atoms. The Hall–Kier alpha value is -1.10. The third-order valence-electron chi connectivity index (χ3n) is 3.66. The van der Waals surface area contributed by atoms with Crippen molar-refractivity contribution in [1.29, 1.82) is 0 Å². The standard InChI is InChI=1S/C14H26N2O3/c1-10(2)13(15-11(3)18)14(19)16-7-4-5-12(9-16)6-8-17/h10,12-13,17H,4-9H2,1-3H3,(H,15,18). The molecule has 1 rings (SSSR count). The van der Waals surface area contributed by atoms with Gasteiger partial charge in [0.25, 0.3) is 0 Å². The molecule has 2 unspecified atom stereocenters. The van der Waals surface area contributed by atoms with Gasteiger partial charge in [-0.1, -0.05) is 13.8 Å². The van der Waals surface area contributed by atoms with Gasteiger partial charge < -0.3 is 15.3 Å². The molecule has 2 amide bonds. The van der Waals surface area contributed by atoms with E-state index in [4.69, 9.17) is 5.11 Å². The highest BCUT2D eigenvalue weighted by Crippen LogP contribution is 2.20. The van der Waals surface area contributed by atoms with Gasteiger partial charge >= 0.3 is 0 Å². The molecule has 5 heteroatoms. The zero-order valence-corrected chi connectivity index (χ0v) is 12.2. The van der Waals surface area contributed by atoms with Crippen molar-refractivity contribution in [2.45, 2.75) is 46.1 Å². The second-order valence-electron chi connectivity index (χ2n) is 5.73. The van der Waals surface area contributed by atoms with Crippen molar-refractivity contribution in [3.63, 3.8) is 0 Å². The molecule has 0 radical (unpaired) electrons. The van der Waals surface area contributed by atoms with Crippen LogP contribution >= 0.6 is 0 Å². The van der Waals surface area contributed by atoms with Gasteiger partial charge in [0.1, 0.15) is 6.04 Å². The topological polar surface area (TPSA) is 69.6 Å². The largest absolute Gasteiger partial charge is 0.396 e. The molecular formula is C14H26N2O3. The summed E-state index contributed by atoms with van der Waals surface area (Å²) in [7, 11) is 0. The van der Waals surface area contributed by atoms with E-state index in [2.05, 4.69) is 5.32 Å². The highest BCUT2D eigenvalue weighted by atomic mass is 16.3. The van der Waals surface area contributed by atoms with Crippen LogP contribution in [0.1, 0.15) is 40.0 Å². The average Bonchev–Trinajstić information content (AvgIpc) is 2.35. The number of piperidine rings is 1. The first kappa shape index (κ1) is 16.0. The summed E-state index contributed by atoms with van der Waals surface area (Å²) in [4.78, 5) is 25.5. The number of rotatable bonds is 5. The lowest BCUT2D eigenvalue weighted by molar-refractivity contribution is -0.139. The van der Waals surface area contributed by atoms with E-state index in [9.17, 15) is 9.59 Å². The van der Waals surface area contributed by atoms with E-state index in [0.717, 1.165) is 25.8 Å². The molecule has 5 nitrogen and oxygen atoms in total. The van der Waals surface area contributed by atoms with E-state index in [1.54, 1.807) is 0 Å². The van der Waals surface area contributed by atoms with Gasteiger partial charge in [0.15, 0.2) is 0 Å². The third-order valence-corrected chi connectivity index (χ3v) is 3.66. The zero-order valence-electron chi connectivity index (χ0n) is 12.2. The molecule has 0 aromatic rings. The lowest BCUT2D eigenvalue weighted by atomic mass is 9.93. The fourth-order valence-corrected chi connectivity index (χ4v) is 2.61. The van der Waals surface area contributed by atoms with Gasteiger partial charge in [-0.05, 0) is 31.1 Å². The van der Waals surface area contributed by atoms with Gasteiger partial charge in [-0.3, -0.25) is 9.59 Å². The summed E-state index contributed by atoms with van der Waals surface area (Å²) in [5.74, 6) is 0.297. The summed E-state index contributed by atoms with van der Waals surface area (Å²) in [6, 6.07) is -0.439. The second kappa shape index (κ2) is 7.48. The molecule has 2 N–H and O–H groups in total. The molecule has 0 aliphatic carbocycles. The number of aliphatic hydroxyl groups is 1. The van der Waals surface area contributed by atoms with E-state index in [-0.39, 0.29) is 24.3 Å². The molecule has 110 valence electrons. The molecule has 1 heterocycles. The minimum absolute atomic E-state index is 0.00726. The number of carbonyl (C=O) groups excluding carboxylic acids is 2. The fourth-order valence-electron chi connectivity index (χ4n) is 2.61. The summed E-state index contributed by atoms with van der Waals surface area (Å²) in [5.41, 5.74) is 0. The van der Waals surface area contributed by atoms with E-state index < -0.39 is 6.04 Å². The summed E-state index contributed by atoms with van der Waals surface area (Å²) >= 11 is 0. The van der Waals surface area contributed by atoms with E-state index in [1.165, 1.54) is 6.92 Å². The predicted molar refractivity (Wildman–Crippen MR) is 73.4 cm³/mol. The quantitative estimate of drug-likeness (QED) is 0.775. The molecular weight excluding hydrogens is 244 g/mol. The highest BCUT2D eigenvalue weighted by molar-refractivity contribution is 5.87. The van der Waals surface area contributed by atoms with Crippen LogP contribution in [0.3, 0.4) is 0 Å². The van der Waals surface area contributed by atoms with Gasteiger partial charge in [0.05, 0.1) is 0 Å². The van der Waals surface area contributed by atoms with Crippen LogP contribution in [-0.2, 0) is 9.59 Å². The van der Waals surface area contributed by atoms with Crippen molar-refractivity contribution in [1.82, 2.24) is 10.2 Å². The molecule has 0 spiro atoms. The Morgan fingerprint density at radius 3 is 2.63 bits per heavy atom. The first-order valence-electron chi connectivity index (χ1n) is 7.12. The van der Waals surface area contributed by atoms with Crippen LogP contribution in [0.2, 0.25) is 0 Å².